The van der Waals surface area contributed by atoms with Crippen molar-refractivity contribution in [1.29, 1.82) is 0 Å². The van der Waals surface area contributed by atoms with Crippen molar-refractivity contribution >= 4 is 11.3 Å². The molecule has 3 heteroatoms. The maximum atomic E-state index is 6.59. The molecule has 0 aliphatic heterocycles. The average Bonchev–Trinajstić information content (AvgIpc) is 2.82. The molecule has 1 aromatic rings. The van der Waals surface area contributed by atoms with E-state index in [4.69, 9.17) is 5.73 Å². The Bertz CT molecular complexity index is 351. The summed E-state index contributed by atoms with van der Waals surface area (Å²) in [5, 5.41) is 2.15. The number of likely N-dealkylation sites (N-methyl/N-ethyl adjacent to an activating group) is 1. The van der Waals surface area contributed by atoms with Crippen molar-refractivity contribution < 1.29 is 0 Å². The fourth-order valence-electron chi connectivity index (χ4n) is 3.25. The maximum absolute atomic E-state index is 6.59. The predicted octanol–water partition coefficient (Wildman–Crippen LogP) is 3.13. The van der Waals surface area contributed by atoms with Gasteiger partial charge in [0, 0.05) is 16.5 Å². The number of hydrogen-bond acceptors (Lipinski definition) is 3. The Hall–Kier alpha value is -0.380. The maximum Gasteiger partial charge on any atom is 0.0358 e. The molecular formula is C15H26N2S. The van der Waals surface area contributed by atoms with E-state index < -0.39 is 0 Å². The van der Waals surface area contributed by atoms with E-state index in [1.165, 1.54) is 30.6 Å². The van der Waals surface area contributed by atoms with Crippen molar-refractivity contribution in [1.82, 2.24) is 4.90 Å². The molecular weight excluding hydrogens is 240 g/mol. The summed E-state index contributed by atoms with van der Waals surface area (Å²) in [7, 11) is 4.40. The van der Waals surface area contributed by atoms with Gasteiger partial charge in [-0.1, -0.05) is 13.0 Å². The Kier molecular flexibility index (Phi) is 4.46. The van der Waals surface area contributed by atoms with E-state index in [2.05, 4.69) is 43.4 Å². The van der Waals surface area contributed by atoms with Gasteiger partial charge in [0.2, 0.25) is 0 Å². The molecule has 2 rings (SSSR count). The molecule has 0 spiro atoms. The highest BCUT2D eigenvalue weighted by Crippen LogP contribution is 2.38. The summed E-state index contributed by atoms with van der Waals surface area (Å²) in [6, 6.07) is 4.58. The molecule has 1 unspecified atom stereocenters. The lowest BCUT2D eigenvalue weighted by molar-refractivity contribution is 0.0571. The van der Waals surface area contributed by atoms with Gasteiger partial charge in [0.1, 0.15) is 0 Å². The van der Waals surface area contributed by atoms with E-state index >= 15 is 0 Å². The zero-order chi connectivity index (χ0) is 13.2. The first-order valence-electron chi connectivity index (χ1n) is 7.00. The van der Waals surface area contributed by atoms with Crippen LogP contribution in [0.2, 0.25) is 0 Å². The first-order chi connectivity index (χ1) is 8.54. The fourth-order valence-corrected chi connectivity index (χ4v) is 4.01. The summed E-state index contributed by atoms with van der Waals surface area (Å²) in [4.78, 5) is 3.80. The second kappa shape index (κ2) is 5.72. The fraction of sp³-hybridized carbons (Fsp3) is 0.733. The standard InChI is InChI=1S/C15H26N2S/c1-12-6-8-15(9-7-12,17(2)3)14(16)11-13-5-4-10-18-13/h4-5,10,12,14H,6-9,11,16H2,1-3H3. The molecule has 18 heavy (non-hydrogen) atoms. The van der Waals surface area contributed by atoms with Crippen LogP contribution in [0.5, 0.6) is 0 Å². The summed E-state index contributed by atoms with van der Waals surface area (Å²) >= 11 is 1.83. The third kappa shape index (κ3) is 2.79. The minimum absolute atomic E-state index is 0.205. The minimum atomic E-state index is 0.205. The number of hydrogen-bond donors (Lipinski definition) is 1. The highest BCUT2D eigenvalue weighted by Gasteiger charge is 2.41. The third-order valence-corrected chi connectivity index (χ3v) is 5.62. The predicted molar refractivity (Wildman–Crippen MR) is 80.0 cm³/mol. The zero-order valence-corrected chi connectivity index (χ0v) is 12.7. The highest BCUT2D eigenvalue weighted by atomic mass is 32.1. The summed E-state index contributed by atoms with van der Waals surface area (Å²) < 4.78 is 0. The van der Waals surface area contributed by atoms with E-state index in [-0.39, 0.29) is 11.6 Å². The van der Waals surface area contributed by atoms with Crippen LogP contribution in [0.25, 0.3) is 0 Å². The molecule has 1 aliphatic rings. The van der Waals surface area contributed by atoms with E-state index in [0.29, 0.717) is 0 Å². The summed E-state index contributed by atoms with van der Waals surface area (Å²) in [6.07, 6.45) is 6.14. The van der Waals surface area contributed by atoms with Crippen LogP contribution in [0.3, 0.4) is 0 Å². The van der Waals surface area contributed by atoms with Gasteiger partial charge < -0.3 is 10.6 Å². The lowest BCUT2D eigenvalue weighted by Crippen LogP contribution is -2.59. The second-order valence-electron chi connectivity index (χ2n) is 6.07. The van der Waals surface area contributed by atoms with Gasteiger partial charge in [0.25, 0.3) is 0 Å². The molecule has 102 valence electrons. The van der Waals surface area contributed by atoms with Crippen LogP contribution in [0.4, 0.5) is 0 Å². The Morgan fingerprint density at radius 2 is 2.11 bits per heavy atom. The Morgan fingerprint density at radius 3 is 2.61 bits per heavy atom. The average molecular weight is 266 g/mol. The van der Waals surface area contributed by atoms with E-state index in [1.54, 1.807) is 0 Å². The lowest BCUT2D eigenvalue weighted by Gasteiger charge is -2.48. The quantitative estimate of drug-likeness (QED) is 0.907. The second-order valence-corrected chi connectivity index (χ2v) is 7.10. The van der Waals surface area contributed by atoms with Gasteiger partial charge in [0.15, 0.2) is 0 Å². The van der Waals surface area contributed by atoms with Crippen molar-refractivity contribution in [3.8, 4) is 0 Å². The molecule has 0 amide bonds. The normalized spacial score (nSPS) is 30.6. The van der Waals surface area contributed by atoms with E-state index in [9.17, 15) is 0 Å². The number of nitrogens with two attached hydrogens (primary N) is 1. The molecule has 0 radical (unpaired) electrons. The SMILES string of the molecule is CC1CCC(C(N)Cc2cccs2)(N(C)C)CC1. The lowest BCUT2D eigenvalue weighted by atomic mass is 9.71. The number of thiophene rings is 1. The van der Waals surface area contributed by atoms with Crippen LogP contribution >= 0.6 is 11.3 Å². The molecule has 0 saturated heterocycles. The van der Waals surface area contributed by atoms with Gasteiger partial charge in [-0.05, 0) is 63.6 Å². The Morgan fingerprint density at radius 1 is 1.44 bits per heavy atom. The zero-order valence-electron chi connectivity index (χ0n) is 11.9. The molecule has 1 atom stereocenters. The largest absolute Gasteiger partial charge is 0.326 e. The highest BCUT2D eigenvalue weighted by molar-refractivity contribution is 7.09. The third-order valence-electron chi connectivity index (χ3n) is 4.72. The molecule has 1 heterocycles. The minimum Gasteiger partial charge on any atom is -0.326 e. The van der Waals surface area contributed by atoms with Crippen LogP contribution in [0, 0.1) is 5.92 Å². The molecule has 0 bridgehead atoms. The first-order valence-corrected chi connectivity index (χ1v) is 7.88. The number of nitrogens with zero attached hydrogens (tertiary/aromatic N) is 1. The Balaban J connectivity index is 2.09. The van der Waals surface area contributed by atoms with Crippen LogP contribution in [0.15, 0.2) is 17.5 Å². The van der Waals surface area contributed by atoms with Crippen LogP contribution < -0.4 is 5.73 Å². The topological polar surface area (TPSA) is 29.3 Å². The summed E-state index contributed by atoms with van der Waals surface area (Å²) in [5.41, 5.74) is 6.79. The van der Waals surface area contributed by atoms with Crippen molar-refractivity contribution in [2.75, 3.05) is 14.1 Å². The monoisotopic (exact) mass is 266 g/mol. The molecule has 2 N–H and O–H groups in total. The molecule has 1 aliphatic carbocycles. The molecule has 1 saturated carbocycles. The van der Waals surface area contributed by atoms with Crippen molar-refractivity contribution in [2.45, 2.75) is 50.6 Å². The molecule has 1 fully saturated rings. The summed E-state index contributed by atoms with van der Waals surface area (Å²) in [5.74, 6) is 0.868. The molecule has 1 aromatic heterocycles. The molecule has 0 aromatic carbocycles. The number of rotatable bonds is 4. The van der Waals surface area contributed by atoms with Gasteiger partial charge >= 0.3 is 0 Å². The van der Waals surface area contributed by atoms with Crippen molar-refractivity contribution in [3.05, 3.63) is 22.4 Å². The summed E-state index contributed by atoms with van der Waals surface area (Å²) in [6.45, 7) is 2.37. The van der Waals surface area contributed by atoms with Gasteiger partial charge in [-0.2, -0.15) is 0 Å². The van der Waals surface area contributed by atoms with Gasteiger partial charge in [0.05, 0.1) is 0 Å². The van der Waals surface area contributed by atoms with Crippen LogP contribution in [0.1, 0.15) is 37.5 Å². The first kappa shape index (κ1) is 14.0. The van der Waals surface area contributed by atoms with E-state index in [0.717, 1.165) is 12.3 Å². The van der Waals surface area contributed by atoms with Crippen molar-refractivity contribution in [3.63, 3.8) is 0 Å². The smallest absolute Gasteiger partial charge is 0.0358 e. The Labute approximate surface area is 115 Å². The van der Waals surface area contributed by atoms with Crippen LogP contribution in [-0.2, 0) is 6.42 Å². The van der Waals surface area contributed by atoms with Crippen molar-refractivity contribution in [2.24, 2.45) is 11.7 Å². The van der Waals surface area contributed by atoms with Gasteiger partial charge in [-0.25, -0.2) is 0 Å². The van der Waals surface area contributed by atoms with E-state index in [1.807, 2.05) is 11.3 Å². The van der Waals surface area contributed by atoms with Gasteiger partial charge in [-0.3, -0.25) is 0 Å². The van der Waals surface area contributed by atoms with Crippen LogP contribution in [-0.4, -0.2) is 30.6 Å². The van der Waals surface area contributed by atoms with Gasteiger partial charge in [-0.15, -0.1) is 11.3 Å². The molecule has 2 nitrogen and oxygen atoms in total.